The van der Waals surface area contributed by atoms with Gasteiger partial charge in [-0.3, -0.25) is 0 Å². The number of aliphatic hydroxyl groups is 1. The predicted octanol–water partition coefficient (Wildman–Crippen LogP) is -1.70. The van der Waals surface area contributed by atoms with E-state index in [1.165, 1.54) is 0 Å². The van der Waals surface area contributed by atoms with Crippen molar-refractivity contribution in [1.29, 1.82) is 0 Å². The van der Waals surface area contributed by atoms with Crippen LogP contribution in [-0.4, -0.2) is 19.6 Å². The molecule has 0 aromatic rings. The van der Waals surface area contributed by atoms with Crippen LogP contribution >= 0.6 is 0 Å². The SMILES string of the molecule is C.C[CH-]C(C)O.[B].[CH3-].[K+].[Y]. The Bertz CT molecular complexity index is 31.7. The van der Waals surface area contributed by atoms with Crippen molar-refractivity contribution in [2.24, 2.45) is 0 Å². The van der Waals surface area contributed by atoms with E-state index < -0.39 is 0 Å². The van der Waals surface area contributed by atoms with Gasteiger partial charge in [0.15, 0.2) is 0 Å². The Hall–Kier alpha value is 2.77. The first-order valence-electron chi connectivity index (χ1n) is 1.75. The van der Waals surface area contributed by atoms with E-state index in [0.717, 1.165) is 0 Å². The molecule has 54 valence electrons. The van der Waals surface area contributed by atoms with Crippen LogP contribution in [0, 0.1) is 13.8 Å². The van der Waals surface area contributed by atoms with E-state index >= 15 is 0 Å². The summed E-state index contributed by atoms with van der Waals surface area (Å²) >= 11 is 0. The first-order chi connectivity index (χ1) is 2.27. The maximum Gasteiger partial charge on any atom is 1.00 e. The Labute approximate surface area is 136 Å². The van der Waals surface area contributed by atoms with Gasteiger partial charge in [0.2, 0.25) is 0 Å². The topological polar surface area (TPSA) is 20.2 Å². The van der Waals surface area contributed by atoms with Crippen LogP contribution < -0.4 is 51.4 Å². The summed E-state index contributed by atoms with van der Waals surface area (Å²) in [6, 6.07) is 0. The monoisotopic (exact) mass is 243 g/mol. The minimum Gasteiger partial charge on any atom is -0.425 e. The van der Waals surface area contributed by atoms with E-state index in [1.807, 2.05) is 6.92 Å². The first kappa shape index (κ1) is 38.6. The van der Waals surface area contributed by atoms with Crippen LogP contribution in [0.15, 0.2) is 0 Å². The number of hydrogen-bond donors (Lipinski definition) is 1. The Morgan fingerprint density at radius 1 is 1.40 bits per heavy atom. The smallest absolute Gasteiger partial charge is 0.425 e. The third-order valence-electron chi connectivity index (χ3n) is 0.482. The summed E-state index contributed by atoms with van der Waals surface area (Å²) in [7, 11) is 0. The zero-order valence-electron chi connectivity index (χ0n) is 6.76. The molecule has 0 amide bonds. The summed E-state index contributed by atoms with van der Waals surface area (Å²) in [5.74, 6) is 0. The maximum absolute atomic E-state index is 8.31. The normalized spacial score (nSPS) is 7.50. The van der Waals surface area contributed by atoms with Gasteiger partial charge in [-0.25, -0.2) is 0 Å². The van der Waals surface area contributed by atoms with Crippen molar-refractivity contribution < 1.29 is 89.2 Å². The van der Waals surface area contributed by atoms with Gasteiger partial charge < -0.3 is 19.0 Å². The molecule has 0 saturated carbocycles. The largest absolute Gasteiger partial charge is 1.00 e. The summed E-state index contributed by atoms with van der Waals surface area (Å²) in [5.41, 5.74) is 0. The van der Waals surface area contributed by atoms with Crippen LogP contribution in [0.25, 0.3) is 0 Å². The molecule has 0 aliphatic rings. The molecule has 1 unspecified atom stereocenters. The third kappa shape index (κ3) is 45.2. The fraction of sp³-hybridized carbons (Fsp3) is 0.667. The maximum atomic E-state index is 8.31. The molecule has 0 bridgehead atoms. The first-order valence-corrected chi connectivity index (χ1v) is 1.75. The van der Waals surface area contributed by atoms with Crippen LogP contribution in [0.1, 0.15) is 21.3 Å². The molecule has 0 spiro atoms. The number of hydrogen-bond acceptors (Lipinski definition) is 1. The Morgan fingerprint density at radius 3 is 1.50 bits per heavy atom. The summed E-state index contributed by atoms with van der Waals surface area (Å²) in [6.45, 7) is 3.55. The second kappa shape index (κ2) is 29.8. The van der Waals surface area contributed by atoms with Gasteiger partial charge in [-0.15, -0.1) is 0 Å². The van der Waals surface area contributed by atoms with Gasteiger partial charge in [0.25, 0.3) is 0 Å². The van der Waals surface area contributed by atoms with Crippen molar-refractivity contribution >= 4 is 8.41 Å². The Morgan fingerprint density at radius 2 is 1.50 bits per heavy atom. The van der Waals surface area contributed by atoms with Crippen molar-refractivity contribution in [3.05, 3.63) is 13.8 Å². The second-order valence-electron chi connectivity index (χ2n) is 1.07. The van der Waals surface area contributed by atoms with E-state index in [4.69, 9.17) is 5.11 Å². The average Bonchev–Trinajstić information content (AvgIpc) is 1.38. The summed E-state index contributed by atoms with van der Waals surface area (Å²) in [5, 5.41) is 8.31. The summed E-state index contributed by atoms with van der Waals surface area (Å²) in [6.07, 6.45) is 1.48. The number of aliphatic hydroxyl groups excluding tert-OH is 1. The molecule has 1 nitrogen and oxygen atoms in total. The quantitative estimate of drug-likeness (QED) is 0.430. The fourth-order valence-corrected chi connectivity index (χ4v) is 0. The van der Waals surface area contributed by atoms with Gasteiger partial charge in [-0.2, -0.15) is 6.92 Å². The molecule has 0 saturated heterocycles. The second-order valence-corrected chi connectivity index (χ2v) is 1.07. The van der Waals surface area contributed by atoms with Crippen molar-refractivity contribution in [3.63, 3.8) is 0 Å². The Balaban J connectivity index is -0.00000000800. The molecule has 0 aliphatic carbocycles. The standard InChI is InChI=1S/C4H9O.CH4.CH3.B.K.Y/c1-3-4(2)5;;;;;/h3-5H,1-2H3;1H4;1H3;;;/q-1;;-1;;+1;. The molecule has 0 heterocycles. The van der Waals surface area contributed by atoms with Gasteiger partial charge in [-0.1, -0.05) is 20.5 Å². The molecule has 1 N–H and O–H groups in total. The predicted molar refractivity (Wildman–Crippen MR) is 40.6 cm³/mol. The minimum atomic E-state index is -0.241. The van der Waals surface area contributed by atoms with Gasteiger partial charge in [-0.05, 0) is 0 Å². The van der Waals surface area contributed by atoms with Gasteiger partial charge in [0.1, 0.15) is 0 Å². The van der Waals surface area contributed by atoms with Crippen LogP contribution in [-0.2, 0) is 32.7 Å². The van der Waals surface area contributed by atoms with E-state index in [1.54, 1.807) is 13.3 Å². The number of rotatable bonds is 1. The molecule has 0 aromatic heterocycles. The molecular formula is C6H16BKOY-. The minimum absolute atomic E-state index is 0. The van der Waals surface area contributed by atoms with E-state index in [9.17, 15) is 0 Å². The summed E-state index contributed by atoms with van der Waals surface area (Å²) < 4.78 is 0. The zero-order chi connectivity index (χ0) is 4.28. The van der Waals surface area contributed by atoms with Crippen LogP contribution in [0.2, 0.25) is 0 Å². The van der Waals surface area contributed by atoms with Crippen molar-refractivity contribution in [2.75, 3.05) is 0 Å². The van der Waals surface area contributed by atoms with E-state index in [2.05, 4.69) is 0 Å². The Kier molecular flexibility index (Phi) is 115. The van der Waals surface area contributed by atoms with Crippen molar-refractivity contribution in [2.45, 2.75) is 27.4 Å². The molecule has 10 heavy (non-hydrogen) atoms. The van der Waals surface area contributed by atoms with Crippen molar-refractivity contribution in [3.8, 4) is 0 Å². The van der Waals surface area contributed by atoms with Gasteiger partial charge in [0.05, 0.1) is 0 Å². The summed E-state index contributed by atoms with van der Waals surface area (Å²) in [4.78, 5) is 0. The molecule has 1 atom stereocenters. The molecule has 0 aliphatic heterocycles. The molecule has 0 fully saturated rings. The van der Waals surface area contributed by atoms with E-state index in [-0.39, 0.29) is 113 Å². The van der Waals surface area contributed by atoms with Crippen LogP contribution in [0.4, 0.5) is 0 Å². The fourth-order valence-electron chi connectivity index (χ4n) is 0. The van der Waals surface area contributed by atoms with Gasteiger partial charge >= 0.3 is 51.4 Å². The molecule has 0 aromatic carbocycles. The van der Waals surface area contributed by atoms with Gasteiger partial charge in [0, 0.05) is 41.1 Å². The van der Waals surface area contributed by atoms with Crippen molar-refractivity contribution in [1.82, 2.24) is 0 Å². The van der Waals surface area contributed by atoms with Crippen LogP contribution in [0.3, 0.4) is 0 Å². The molecule has 4 radical (unpaired) electrons. The average molecular weight is 243 g/mol. The zero-order valence-corrected chi connectivity index (χ0v) is 12.7. The molecule has 4 heteroatoms. The molecule has 0 rings (SSSR count). The van der Waals surface area contributed by atoms with Crippen LogP contribution in [0.5, 0.6) is 0 Å². The third-order valence-corrected chi connectivity index (χ3v) is 0.482. The van der Waals surface area contributed by atoms with E-state index in [0.29, 0.717) is 0 Å². The molecular weight excluding hydrogens is 227 g/mol.